The zero-order valence-electron chi connectivity index (χ0n) is 10.1. The number of halogens is 1. The first kappa shape index (κ1) is 13.0. The van der Waals surface area contributed by atoms with E-state index in [1.807, 2.05) is 24.3 Å². The van der Waals surface area contributed by atoms with E-state index in [2.05, 4.69) is 10.1 Å². The summed E-state index contributed by atoms with van der Waals surface area (Å²) in [6.07, 6.45) is -0.413. The summed E-state index contributed by atoms with van der Waals surface area (Å²) in [7, 11) is 3.17. The van der Waals surface area contributed by atoms with Crippen LogP contribution in [-0.4, -0.2) is 24.4 Å². The van der Waals surface area contributed by atoms with Gasteiger partial charge in [0.05, 0.1) is 0 Å². The van der Waals surface area contributed by atoms with Gasteiger partial charge < -0.3 is 14.0 Å². The molecule has 18 heavy (non-hydrogen) atoms. The maximum absolute atomic E-state index is 5.62. The van der Waals surface area contributed by atoms with Crippen molar-refractivity contribution in [2.75, 3.05) is 14.2 Å². The Morgan fingerprint density at radius 1 is 1.33 bits per heavy atom. The predicted molar refractivity (Wildman–Crippen MR) is 66.1 cm³/mol. The summed E-state index contributed by atoms with van der Waals surface area (Å²) in [6, 6.07) is 7.56. The molecular formula is C12H13ClN2O3. The fourth-order valence-corrected chi connectivity index (χ4v) is 1.73. The highest BCUT2D eigenvalue weighted by molar-refractivity contribution is 6.16. The van der Waals surface area contributed by atoms with E-state index in [1.54, 1.807) is 14.2 Å². The SMILES string of the molecule is COC(OC)c1cccc(-c2noc(CCl)n2)c1. The van der Waals surface area contributed by atoms with Gasteiger partial charge in [-0.25, -0.2) is 0 Å². The molecule has 0 N–H and O–H groups in total. The number of hydrogen-bond acceptors (Lipinski definition) is 5. The molecule has 1 aromatic heterocycles. The van der Waals surface area contributed by atoms with Crippen LogP contribution in [0.15, 0.2) is 28.8 Å². The van der Waals surface area contributed by atoms with Gasteiger partial charge in [-0.15, -0.1) is 11.6 Å². The van der Waals surface area contributed by atoms with Crippen molar-refractivity contribution in [2.24, 2.45) is 0 Å². The van der Waals surface area contributed by atoms with Crippen molar-refractivity contribution in [1.29, 1.82) is 0 Å². The van der Waals surface area contributed by atoms with Crippen LogP contribution in [-0.2, 0) is 15.4 Å². The van der Waals surface area contributed by atoms with Gasteiger partial charge in [-0.05, 0) is 6.07 Å². The van der Waals surface area contributed by atoms with Crippen molar-refractivity contribution in [2.45, 2.75) is 12.2 Å². The van der Waals surface area contributed by atoms with Crippen LogP contribution < -0.4 is 0 Å². The number of aromatic nitrogens is 2. The van der Waals surface area contributed by atoms with Crippen LogP contribution in [0.1, 0.15) is 17.7 Å². The van der Waals surface area contributed by atoms with Crippen LogP contribution in [0.4, 0.5) is 0 Å². The summed E-state index contributed by atoms with van der Waals surface area (Å²) in [6.45, 7) is 0. The second kappa shape index (κ2) is 5.95. The van der Waals surface area contributed by atoms with E-state index in [1.165, 1.54) is 0 Å². The van der Waals surface area contributed by atoms with E-state index in [0.29, 0.717) is 11.7 Å². The Morgan fingerprint density at radius 2 is 2.11 bits per heavy atom. The van der Waals surface area contributed by atoms with Crippen molar-refractivity contribution in [1.82, 2.24) is 10.1 Å². The third-order valence-electron chi connectivity index (χ3n) is 2.43. The Labute approximate surface area is 110 Å². The highest BCUT2D eigenvalue weighted by Crippen LogP contribution is 2.23. The fourth-order valence-electron chi connectivity index (χ4n) is 1.62. The molecule has 2 rings (SSSR count). The minimum Gasteiger partial charge on any atom is -0.352 e. The van der Waals surface area contributed by atoms with Gasteiger partial charge in [0.1, 0.15) is 5.88 Å². The summed E-state index contributed by atoms with van der Waals surface area (Å²) in [5.41, 5.74) is 1.71. The highest BCUT2D eigenvalue weighted by Gasteiger charge is 2.12. The lowest BCUT2D eigenvalue weighted by atomic mass is 10.1. The lowest BCUT2D eigenvalue weighted by Gasteiger charge is -2.13. The summed E-state index contributed by atoms with van der Waals surface area (Å²) >= 11 is 5.62. The number of nitrogens with zero attached hydrogens (tertiary/aromatic N) is 2. The molecule has 96 valence electrons. The summed E-state index contributed by atoms with van der Waals surface area (Å²) in [5, 5.41) is 3.86. The van der Waals surface area contributed by atoms with Crippen LogP contribution in [0.5, 0.6) is 0 Å². The quantitative estimate of drug-likeness (QED) is 0.616. The van der Waals surface area contributed by atoms with Gasteiger partial charge in [0.2, 0.25) is 11.7 Å². The van der Waals surface area contributed by atoms with Crippen molar-refractivity contribution in [3.8, 4) is 11.4 Å². The summed E-state index contributed by atoms with van der Waals surface area (Å²) < 4.78 is 15.4. The van der Waals surface area contributed by atoms with Gasteiger partial charge >= 0.3 is 0 Å². The smallest absolute Gasteiger partial charge is 0.241 e. The third kappa shape index (κ3) is 2.69. The zero-order valence-corrected chi connectivity index (χ0v) is 10.8. The first-order chi connectivity index (χ1) is 8.78. The number of benzene rings is 1. The van der Waals surface area contributed by atoms with E-state index in [-0.39, 0.29) is 5.88 Å². The molecule has 2 aromatic rings. The maximum atomic E-state index is 5.62. The molecule has 0 spiro atoms. The van der Waals surface area contributed by atoms with E-state index < -0.39 is 6.29 Å². The second-order valence-corrected chi connectivity index (χ2v) is 3.84. The maximum Gasteiger partial charge on any atom is 0.241 e. The zero-order chi connectivity index (χ0) is 13.0. The minimum atomic E-state index is -0.413. The molecule has 0 saturated heterocycles. The Bertz CT molecular complexity index is 512. The molecule has 5 nitrogen and oxygen atoms in total. The van der Waals surface area contributed by atoms with Crippen LogP contribution in [0.3, 0.4) is 0 Å². The molecule has 0 unspecified atom stereocenters. The molecular weight excluding hydrogens is 256 g/mol. The van der Waals surface area contributed by atoms with Gasteiger partial charge in [-0.1, -0.05) is 23.4 Å². The molecule has 6 heteroatoms. The lowest BCUT2D eigenvalue weighted by Crippen LogP contribution is -2.03. The first-order valence-corrected chi connectivity index (χ1v) is 5.86. The number of methoxy groups -OCH3 is 2. The average molecular weight is 269 g/mol. The molecule has 0 bridgehead atoms. The van der Waals surface area contributed by atoms with Crippen molar-refractivity contribution in [3.05, 3.63) is 35.7 Å². The lowest BCUT2D eigenvalue weighted by molar-refractivity contribution is -0.105. The molecule has 0 aliphatic carbocycles. The summed E-state index contributed by atoms with van der Waals surface area (Å²) in [4.78, 5) is 4.16. The molecule has 0 radical (unpaired) electrons. The van der Waals surface area contributed by atoms with E-state index >= 15 is 0 Å². The second-order valence-electron chi connectivity index (χ2n) is 3.57. The average Bonchev–Trinajstić information content (AvgIpc) is 2.89. The molecule has 1 heterocycles. The van der Waals surface area contributed by atoms with Gasteiger partial charge in [0.25, 0.3) is 0 Å². The Kier molecular flexibility index (Phi) is 4.30. The van der Waals surface area contributed by atoms with E-state index in [9.17, 15) is 0 Å². The molecule has 0 atom stereocenters. The Morgan fingerprint density at radius 3 is 2.72 bits per heavy atom. The van der Waals surface area contributed by atoms with Gasteiger partial charge in [0.15, 0.2) is 6.29 Å². The van der Waals surface area contributed by atoms with Crippen LogP contribution >= 0.6 is 11.6 Å². The number of hydrogen-bond donors (Lipinski definition) is 0. The van der Waals surface area contributed by atoms with Crippen LogP contribution in [0.25, 0.3) is 11.4 Å². The van der Waals surface area contributed by atoms with E-state index in [0.717, 1.165) is 11.1 Å². The number of alkyl halides is 1. The minimum absolute atomic E-state index is 0.200. The monoisotopic (exact) mass is 268 g/mol. The van der Waals surface area contributed by atoms with Crippen LogP contribution in [0, 0.1) is 0 Å². The largest absolute Gasteiger partial charge is 0.352 e. The molecule has 0 aliphatic heterocycles. The fraction of sp³-hybridized carbons (Fsp3) is 0.333. The van der Waals surface area contributed by atoms with Gasteiger partial charge in [-0.3, -0.25) is 0 Å². The molecule has 0 saturated carbocycles. The van der Waals surface area contributed by atoms with Crippen molar-refractivity contribution in [3.63, 3.8) is 0 Å². The molecule has 0 fully saturated rings. The predicted octanol–water partition coefficient (Wildman–Crippen LogP) is 2.77. The van der Waals surface area contributed by atoms with E-state index in [4.69, 9.17) is 25.6 Å². The summed E-state index contributed by atoms with van der Waals surface area (Å²) in [5.74, 6) is 1.09. The van der Waals surface area contributed by atoms with Crippen LogP contribution in [0.2, 0.25) is 0 Å². The Balaban J connectivity index is 2.31. The van der Waals surface area contributed by atoms with Gasteiger partial charge in [-0.2, -0.15) is 4.98 Å². The first-order valence-electron chi connectivity index (χ1n) is 5.33. The van der Waals surface area contributed by atoms with Crippen molar-refractivity contribution >= 4 is 11.6 Å². The van der Waals surface area contributed by atoms with Crippen molar-refractivity contribution < 1.29 is 14.0 Å². The standard InChI is InChI=1S/C12H13ClN2O3/c1-16-12(17-2)9-5-3-4-8(6-9)11-14-10(7-13)18-15-11/h3-6,12H,7H2,1-2H3. The molecule has 0 aliphatic rings. The molecule has 1 aromatic carbocycles. The van der Waals surface area contributed by atoms with Gasteiger partial charge in [0, 0.05) is 25.3 Å². The third-order valence-corrected chi connectivity index (χ3v) is 2.66. The highest BCUT2D eigenvalue weighted by atomic mass is 35.5. The number of rotatable bonds is 5. The molecule has 0 amide bonds. The normalized spacial score (nSPS) is 11.1. The Hall–Kier alpha value is -1.43. The number of ether oxygens (including phenoxy) is 2. The topological polar surface area (TPSA) is 57.4 Å².